The zero-order chi connectivity index (χ0) is 18.1. The summed E-state index contributed by atoms with van der Waals surface area (Å²) >= 11 is 0. The highest BCUT2D eigenvalue weighted by molar-refractivity contribution is 6.00. The van der Waals surface area contributed by atoms with Gasteiger partial charge in [-0.25, -0.2) is 4.79 Å². The number of rotatable bonds is 4. The smallest absolute Gasteiger partial charge is 0.330 e. The van der Waals surface area contributed by atoms with Crippen molar-refractivity contribution in [2.75, 3.05) is 6.61 Å². The van der Waals surface area contributed by atoms with Crippen molar-refractivity contribution in [1.29, 1.82) is 0 Å². The molecule has 0 amide bonds. The van der Waals surface area contributed by atoms with Crippen molar-refractivity contribution in [3.05, 3.63) is 56.9 Å². The van der Waals surface area contributed by atoms with Crippen molar-refractivity contribution >= 4 is 5.78 Å². The molecule has 1 aliphatic heterocycles. The Morgan fingerprint density at radius 2 is 2.04 bits per heavy atom. The molecule has 1 aromatic heterocycles. The van der Waals surface area contributed by atoms with Gasteiger partial charge in [0.2, 0.25) is 0 Å². The van der Waals surface area contributed by atoms with Crippen molar-refractivity contribution in [3.63, 3.8) is 0 Å². The van der Waals surface area contributed by atoms with E-state index in [-0.39, 0.29) is 24.4 Å². The lowest BCUT2D eigenvalue weighted by molar-refractivity contribution is -0.0458. The van der Waals surface area contributed by atoms with E-state index in [1.165, 1.54) is 13.1 Å². The fourth-order valence-electron chi connectivity index (χ4n) is 2.97. The van der Waals surface area contributed by atoms with E-state index in [1.807, 2.05) is 0 Å². The number of aliphatic hydroxyl groups excluding tert-OH is 2. The van der Waals surface area contributed by atoms with Crippen LogP contribution in [0.1, 0.15) is 29.9 Å². The summed E-state index contributed by atoms with van der Waals surface area (Å²) in [6.07, 6.45) is -1.11. The number of hydrogen-bond donors (Lipinski definition) is 3. The third kappa shape index (κ3) is 3.19. The van der Waals surface area contributed by atoms with E-state index in [2.05, 4.69) is 4.98 Å². The predicted octanol–water partition coefficient (Wildman–Crippen LogP) is 0.0469. The maximum absolute atomic E-state index is 12.3. The molecule has 0 radical (unpaired) electrons. The van der Waals surface area contributed by atoms with E-state index in [1.54, 1.807) is 24.3 Å². The van der Waals surface area contributed by atoms with Crippen LogP contribution in [0.5, 0.6) is 0 Å². The first kappa shape index (κ1) is 17.3. The summed E-state index contributed by atoms with van der Waals surface area (Å²) in [7, 11) is 0. The fourth-order valence-corrected chi connectivity index (χ4v) is 2.97. The van der Waals surface area contributed by atoms with E-state index in [9.17, 15) is 24.6 Å². The molecule has 0 spiro atoms. The summed E-state index contributed by atoms with van der Waals surface area (Å²) in [6, 6.07) is 6.60. The Labute approximate surface area is 142 Å². The maximum atomic E-state index is 12.3. The number of H-pyrrole nitrogens is 1. The van der Waals surface area contributed by atoms with Gasteiger partial charge in [0.25, 0.3) is 5.56 Å². The number of aliphatic hydroxyl groups is 2. The van der Waals surface area contributed by atoms with Crippen LogP contribution in [-0.2, 0) is 4.74 Å². The molecule has 8 nitrogen and oxygen atoms in total. The van der Waals surface area contributed by atoms with Gasteiger partial charge in [-0.05, 0) is 12.5 Å². The van der Waals surface area contributed by atoms with Gasteiger partial charge in [0.05, 0.1) is 18.3 Å². The number of Topliss-reactive ketones (excluding diaryl/α,β-unsaturated/α-hetero) is 1. The molecule has 0 saturated carbocycles. The number of ether oxygens (including phenoxy) is 1. The first-order chi connectivity index (χ1) is 11.9. The Hall–Kier alpha value is -2.55. The van der Waals surface area contributed by atoms with Crippen molar-refractivity contribution in [2.24, 2.45) is 0 Å². The Kier molecular flexibility index (Phi) is 4.67. The van der Waals surface area contributed by atoms with Crippen LogP contribution in [-0.4, -0.2) is 44.4 Å². The SMILES string of the molecule is CC(=O)c1ccccc1-c1cn([C@H]2C[C@H](O)[C@@H](CO)O2)c(=O)[nH]c1=O. The number of ketones is 1. The molecule has 2 heterocycles. The van der Waals surface area contributed by atoms with Gasteiger partial charge < -0.3 is 14.9 Å². The van der Waals surface area contributed by atoms with Crippen LogP contribution in [0.4, 0.5) is 0 Å². The molecule has 0 unspecified atom stereocenters. The van der Waals surface area contributed by atoms with Gasteiger partial charge in [-0.3, -0.25) is 19.1 Å². The van der Waals surface area contributed by atoms with Crippen LogP contribution in [0.15, 0.2) is 40.1 Å². The Bertz CT molecular complexity index is 916. The van der Waals surface area contributed by atoms with Gasteiger partial charge in [-0.15, -0.1) is 0 Å². The largest absolute Gasteiger partial charge is 0.394 e. The van der Waals surface area contributed by atoms with Crippen LogP contribution < -0.4 is 11.2 Å². The van der Waals surface area contributed by atoms with Crippen molar-refractivity contribution in [1.82, 2.24) is 9.55 Å². The summed E-state index contributed by atoms with van der Waals surface area (Å²) in [5.41, 5.74) is -0.394. The van der Waals surface area contributed by atoms with Crippen molar-refractivity contribution in [2.45, 2.75) is 31.8 Å². The highest BCUT2D eigenvalue weighted by atomic mass is 16.5. The van der Waals surface area contributed by atoms with E-state index in [0.29, 0.717) is 11.1 Å². The molecular weight excluding hydrogens is 328 g/mol. The number of carbonyl (C=O) groups excluding carboxylic acids is 1. The predicted molar refractivity (Wildman–Crippen MR) is 88.4 cm³/mol. The molecule has 3 atom stereocenters. The molecule has 0 bridgehead atoms. The number of nitrogens with zero attached hydrogens (tertiary/aromatic N) is 1. The number of carbonyl (C=O) groups is 1. The van der Waals surface area contributed by atoms with Crippen molar-refractivity contribution in [3.8, 4) is 11.1 Å². The summed E-state index contributed by atoms with van der Waals surface area (Å²) in [5.74, 6) is -0.208. The molecular formula is C17H18N2O6. The molecule has 132 valence electrons. The lowest BCUT2D eigenvalue weighted by Crippen LogP contribution is -2.33. The van der Waals surface area contributed by atoms with E-state index >= 15 is 0 Å². The average Bonchev–Trinajstić information content (AvgIpc) is 2.95. The van der Waals surface area contributed by atoms with Crippen LogP contribution >= 0.6 is 0 Å². The minimum absolute atomic E-state index is 0.102. The summed E-state index contributed by atoms with van der Waals surface area (Å²) in [5, 5.41) is 19.0. The number of aromatic nitrogens is 2. The summed E-state index contributed by atoms with van der Waals surface area (Å²) in [6.45, 7) is 1.02. The van der Waals surface area contributed by atoms with Gasteiger partial charge in [0.1, 0.15) is 12.3 Å². The number of nitrogens with one attached hydrogen (secondary N) is 1. The van der Waals surface area contributed by atoms with Crippen molar-refractivity contribution < 1.29 is 19.7 Å². The molecule has 25 heavy (non-hydrogen) atoms. The second-order valence-electron chi connectivity index (χ2n) is 5.93. The molecule has 0 aliphatic carbocycles. The third-order valence-corrected chi connectivity index (χ3v) is 4.26. The Morgan fingerprint density at radius 3 is 2.68 bits per heavy atom. The number of aromatic amines is 1. The molecule has 1 fully saturated rings. The third-order valence-electron chi connectivity index (χ3n) is 4.26. The lowest BCUT2D eigenvalue weighted by Gasteiger charge is -2.16. The molecule has 3 rings (SSSR count). The molecule has 1 aliphatic rings. The molecule has 3 N–H and O–H groups in total. The Balaban J connectivity index is 2.11. The summed E-state index contributed by atoms with van der Waals surface area (Å²) in [4.78, 5) is 38.4. The first-order valence-electron chi connectivity index (χ1n) is 7.82. The van der Waals surface area contributed by atoms with E-state index in [4.69, 9.17) is 4.74 Å². The molecule has 8 heteroatoms. The topological polar surface area (TPSA) is 122 Å². The average molecular weight is 346 g/mol. The first-order valence-corrected chi connectivity index (χ1v) is 7.82. The van der Waals surface area contributed by atoms with Gasteiger partial charge >= 0.3 is 5.69 Å². The number of benzene rings is 1. The van der Waals surface area contributed by atoms with Gasteiger partial charge in [-0.2, -0.15) is 0 Å². The fraction of sp³-hybridized carbons (Fsp3) is 0.353. The summed E-state index contributed by atoms with van der Waals surface area (Å²) < 4.78 is 6.63. The van der Waals surface area contributed by atoms with Crippen LogP contribution in [0.3, 0.4) is 0 Å². The zero-order valence-electron chi connectivity index (χ0n) is 13.5. The van der Waals surface area contributed by atoms with Gasteiger partial charge in [-0.1, -0.05) is 24.3 Å². The van der Waals surface area contributed by atoms with Crippen LogP contribution in [0, 0.1) is 0 Å². The zero-order valence-corrected chi connectivity index (χ0v) is 13.5. The quantitative estimate of drug-likeness (QED) is 0.673. The minimum atomic E-state index is -0.915. The van der Waals surface area contributed by atoms with Crippen LogP contribution in [0.25, 0.3) is 11.1 Å². The molecule has 1 saturated heterocycles. The standard InChI is InChI=1S/C17H18N2O6/c1-9(21)10-4-2-3-5-11(10)12-7-19(17(24)18-16(12)23)15-6-13(22)14(8-20)25-15/h2-5,7,13-15,20,22H,6,8H2,1H3,(H,18,23,24)/t13-,14+,15+/m0/s1. The Morgan fingerprint density at radius 1 is 1.32 bits per heavy atom. The molecule has 2 aromatic rings. The molecule has 1 aromatic carbocycles. The van der Waals surface area contributed by atoms with E-state index in [0.717, 1.165) is 4.57 Å². The highest BCUT2D eigenvalue weighted by Gasteiger charge is 2.35. The van der Waals surface area contributed by atoms with Crippen LogP contribution in [0.2, 0.25) is 0 Å². The minimum Gasteiger partial charge on any atom is -0.394 e. The van der Waals surface area contributed by atoms with Gasteiger partial charge in [0, 0.05) is 18.2 Å². The lowest BCUT2D eigenvalue weighted by atomic mass is 9.99. The second kappa shape index (κ2) is 6.75. The van der Waals surface area contributed by atoms with Gasteiger partial charge in [0.15, 0.2) is 5.78 Å². The monoisotopic (exact) mass is 346 g/mol. The normalized spacial score (nSPS) is 22.9. The van der Waals surface area contributed by atoms with E-state index < -0.39 is 29.7 Å². The number of hydrogen-bond acceptors (Lipinski definition) is 6. The highest BCUT2D eigenvalue weighted by Crippen LogP contribution is 2.28. The second-order valence-corrected chi connectivity index (χ2v) is 5.93. The maximum Gasteiger partial charge on any atom is 0.330 e.